The van der Waals surface area contributed by atoms with Gasteiger partial charge in [0, 0.05) is 5.56 Å². The molecule has 3 aromatic heterocycles. The summed E-state index contributed by atoms with van der Waals surface area (Å²) in [5.74, 6) is 2.47. The van der Waals surface area contributed by atoms with E-state index in [9.17, 15) is 0 Å². The molecule has 0 fully saturated rings. The lowest BCUT2D eigenvalue weighted by molar-refractivity contribution is 0.391. The number of aryl methyl sites for hydroxylation is 1. The van der Waals surface area contributed by atoms with Crippen LogP contribution < -0.4 is 0 Å². The van der Waals surface area contributed by atoms with Crippen LogP contribution in [0, 0.1) is 6.92 Å². The monoisotopic (exact) mass is 452 g/mol. The van der Waals surface area contributed by atoms with Crippen LogP contribution >= 0.6 is 11.8 Å². The van der Waals surface area contributed by atoms with Crippen molar-refractivity contribution in [2.45, 2.75) is 24.4 Å². The maximum atomic E-state index is 5.49. The lowest BCUT2D eigenvalue weighted by Crippen LogP contribution is -2.00. The summed E-state index contributed by atoms with van der Waals surface area (Å²) in [5, 5.41) is 13.9. The summed E-state index contributed by atoms with van der Waals surface area (Å²) in [6.45, 7) is 2.78. The van der Waals surface area contributed by atoms with Gasteiger partial charge in [0.2, 0.25) is 17.5 Å². The molecule has 6 aromatic rings. The average Bonchev–Trinajstić information content (AvgIpc) is 3.56. The van der Waals surface area contributed by atoms with Crippen molar-refractivity contribution >= 4 is 28.6 Å². The van der Waals surface area contributed by atoms with Crippen molar-refractivity contribution in [3.8, 4) is 11.4 Å². The Bertz CT molecular complexity index is 1550. The number of para-hydroxylation sites is 2. The highest BCUT2D eigenvalue weighted by Gasteiger charge is 2.18. The lowest BCUT2D eigenvalue weighted by Gasteiger charge is -2.04. The molecule has 0 unspecified atom stereocenters. The van der Waals surface area contributed by atoms with Gasteiger partial charge < -0.3 is 9.09 Å². The van der Waals surface area contributed by atoms with Crippen LogP contribution in [0.5, 0.6) is 0 Å². The Balaban J connectivity index is 1.30. The molecule has 0 bridgehead atoms. The highest BCUT2D eigenvalue weighted by atomic mass is 32.2. The van der Waals surface area contributed by atoms with Crippen LogP contribution in [0.25, 0.3) is 28.2 Å². The molecule has 3 aromatic carbocycles. The fraction of sp³-hybridized carbons (Fsp3) is 0.120. The number of hydrogen-bond acceptors (Lipinski definition) is 6. The Labute approximate surface area is 194 Å². The van der Waals surface area contributed by atoms with E-state index in [0.717, 1.165) is 34.1 Å². The number of rotatable bonds is 6. The third-order valence-electron chi connectivity index (χ3n) is 5.56. The summed E-state index contributed by atoms with van der Waals surface area (Å²) >= 11 is 1.53. The second-order valence-corrected chi connectivity index (χ2v) is 8.79. The molecule has 0 spiro atoms. The third-order valence-corrected chi connectivity index (χ3v) is 6.47. The van der Waals surface area contributed by atoms with Gasteiger partial charge in [-0.05, 0) is 24.6 Å². The Hall–Kier alpha value is -3.91. The van der Waals surface area contributed by atoms with Crippen LogP contribution in [-0.4, -0.2) is 29.3 Å². The second kappa shape index (κ2) is 8.22. The molecule has 0 aliphatic rings. The second-order valence-electron chi connectivity index (χ2n) is 7.84. The molecule has 0 N–H and O–H groups in total. The minimum atomic E-state index is 0.512. The van der Waals surface area contributed by atoms with E-state index in [2.05, 4.69) is 78.7 Å². The molecule has 0 saturated heterocycles. The first-order valence-electron chi connectivity index (χ1n) is 10.6. The van der Waals surface area contributed by atoms with Gasteiger partial charge >= 0.3 is 0 Å². The van der Waals surface area contributed by atoms with Gasteiger partial charge in [0.05, 0.1) is 23.3 Å². The van der Waals surface area contributed by atoms with Gasteiger partial charge in [0.1, 0.15) is 0 Å². The molecule has 0 atom stereocenters. The van der Waals surface area contributed by atoms with Gasteiger partial charge in [-0.15, -0.1) is 10.2 Å². The summed E-state index contributed by atoms with van der Waals surface area (Å²) in [5.41, 5.74) is 5.54. The van der Waals surface area contributed by atoms with Crippen molar-refractivity contribution < 1.29 is 4.52 Å². The van der Waals surface area contributed by atoms with E-state index < -0.39 is 0 Å². The predicted octanol–water partition coefficient (Wildman–Crippen LogP) is 5.38. The first-order chi connectivity index (χ1) is 16.3. The number of thioether (sulfide) groups is 1. The van der Waals surface area contributed by atoms with E-state index in [1.807, 2.05) is 36.4 Å². The molecule has 8 heteroatoms. The molecule has 33 heavy (non-hydrogen) atoms. The van der Waals surface area contributed by atoms with Crippen LogP contribution in [0.2, 0.25) is 0 Å². The van der Waals surface area contributed by atoms with Crippen LogP contribution in [0.3, 0.4) is 0 Å². The van der Waals surface area contributed by atoms with Crippen molar-refractivity contribution in [1.29, 1.82) is 0 Å². The zero-order valence-corrected chi connectivity index (χ0v) is 18.7. The Kier molecular flexibility index (Phi) is 4.92. The van der Waals surface area contributed by atoms with Crippen molar-refractivity contribution in [1.82, 2.24) is 29.3 Å². The fourth-order valence-electron chi connectivity index (χ4n) is 3.91. The van der Waals surface area contributed by atoms with E-state index in [-0.39, 0.29) is 0 Å². The maximum absolute atomic E-state index is 5.49. The van der Waals surface area contributed by atoms with Gasteiger partial charge in [-0.1, -0.05) is 89.2 Å². The van der Waals surface area contributed by atoms with Crippen LogP contribution in [0.1, 0.15) is 17.0 Å². The predicted molar refractivity (Wildman–Crippen MR) is 128 cm³/mol. The SMILES string of the molecule is Cc1ccc(-c2noc(CSc3nnc4n(Cc5ccccc5)c5ccccc5n34)n2)cc1. The molecule has 3 heterocycles. The number of aromatic nitrogens is 6. The molecular formula is C25H20N6OS. The molecule has 6 rings (SSSR count). The summed E-state index contributed by atoms with van der Waals surface area (Å²) < 4.78 is 9.78. The van der Waals surface area contributed by atoms with Crippen molar-refractivity contribution in [3.05, 3.63) is 95.9 Å². The van der Waals surface area contributed by atoms with Crippen molar-refractivity contribution in [2.24, 2.45) is 0 Å². The van der Waals surface area contributed by atoms with E-state index in [0.29, 0.717) is 17.5 Å². The number of benzene rings is 3. The number of fused-ring (bicyclic) bond motifs is 3. The van der Waals surface area contributed by atoms with Gasteiger partial charge in [0.15, 0.2) is 5.16 Å². The van der Waals surface area contributed by atoms with E-state index >= 15 is 0 Å². The third kappa shape index (κ3) is 3.68. The van der Waals surface area contributed by atoms with E-state index in [4.69, 9.17) is 4.52 Å². The lowest BCUT2D eigenvalue weighted by atomic mass is 10.1. The smallest absolute Gasteiger partial charge is 0.237 e. The first kappa shape index (κ1) is 19.8. The molecule has 0 aliphatic carbocycles. The maximum Gasteiger partial charge on any atom is 0.237 e. The van der Waals surface area contributed by atoms with Crippen LogP contribution in [0.15, 0.2) is 88.5 Å². The summed E-state index contributed by atoms with van der Waals surface area (Å²) in [6.07, 6.45) is 0. The van der Waals surface area contributed by atoms with Gasteiger partial charge in [-0.3, -0.25) is 4.40 Å². The largest absolute Gasteiger partial charge is 0.338 e. The molecular weight excluding hydrogens is 432 g/mol. The number of hydrogen-bond donors (Lipinski definition) is 0. The molecule has 7 nitrogen and oxygen atoms in total. The number of imidazole rings is 1. The fourth-order valence-corrected chi connectivity index (χ4v) is 4.69. The first-order valence-corrected chi connectivity index (χ1v) is 11.6. The summed E-state index contributed by atoms with van der Waals surface area (Å²) in [6, 6.07) is 26.8. The van der Waals surface area contributed by atoms with Crippen molar-refractivity contribution in [2.75, 3.05) is 0 Å². The van der Waals surface area contributed by atoms with Crippen molar-refractivity contribution in [3.63, 3.8) is 0 Å². The Morgan fingerprint density at radius 1 is 0.848 bits per heavy atom. The highest BCUT2D eigenvalue weighted by molar-refractivity contribution is 7.98. The molecule has 162 valence electrons. The van der Waals surface area contributed by atoms with E-state index in [1.54, 1.807) is 0 Å². The number of nitrogens with zero attached hydrogens (tertiary/aromatic N) is 6. The molecule has 0 saturated carbocycles. The van der Waals surface area contributed by atoms with Crippen LogP contribution in [0.4, 0.5) is 0 Å². The Morgan fingerprint density at radius 2 is 1.61 bits per heavy atom. The van der Waals surface area contributed by atoms with Crippen LogP contribution in [-0.2, 0) is 12.3 Å². The van der Waals surface area contributed by atoms with Gasteiger partial charge in [-0.2, -0.15) is 4.98 Å². The molecule has 0 aliphatic heterocycles. The highest BCUT2D eigenvalue weighted by Crippen LogP contribution is 2.28. The topological polar surface area (TPSA) is 74.0 Å². The summed E-state index contributed by atoms with van der Waals surface area (Å²) in [4.78, 5) is 4.55. The van der Waals surface area contributed by atoms with Gasteiger partial charge in [-0.25, -0.2) is 0 Å². The quantitative estimate of drug-likeness (QED) is 0.316. The zero-order chi connectivity index (χ0) is 22.2. The summed E-state index contributed by atoms with van der Waals surface area (Å²) in [7, 11) is 0. The molecule has 0 amide bonds. The average molecular weight is 453 g/mol. The normalized spacial score (nSPS) is 11.5. The minimum Gasteiger partial charge on any atom is -0.338 e. The Morgan fingerprint density at radius 3 is 2.42 bits per heavy atom. The zero-order valence-electron chi connectivity index (χ0n) is 17.9. The van der Waals surface area contributed by atoms with Gasteiger partial charge in [0.25, 0.3) is 0 Å². The standard InChI is InChI=1S/C25H20N6OS/c1-17-11-13-19(14-12-17)23-26-22(32-29-23)16-33-25-28-27-24-30(15-18-7-3-2-4-8-18)20-9-5-6-10-21(20)31(24)25/h2-14H,15-16H2,1H3. The minimum absolute atomic E-state index is 0.512. The van der Waals surface area contributed by atoms with E-state index in [1.165, 1.54) is 22.9 Å². The molecule has 0 radical (unpaired) electrons.